The van der Waals surface area contributed by atoms with Crippen LogP contribution in [0, 0.1) is 30.6 Å². The molecular formula is C30H39ClN2O4. The average Bonchev–Trinajstić information content (AvgIpc) is 2.91. The molecule has 0 saturated heterocycles. The van der Waals surface area contributed by atoms with E-state index in [0.717, 1.165) is 25.7 Å². The Balaban J connectivity index is 2.15. The fourth-order valence-electron chi connectivity index (χ4n) is 5.18. The Kier molecular flexibility index (Phi) is 12.0. The number of nitrogens with zero attached hydrogens (tertiary/aromatic N) is 2. The number of carboxylic acids is 1. The molecule has 1 aliphatic carbocycles. The molecule has 2 amide bonds. The normalized spacial score (nSPS) is 17.3. The molecule has 1 aliphatic rings. The number of carbonyl (C=O) groups excluding carboxylic acids is 2. The van der Waals surface area contributed by atoms with Crippen LogP contribution in [0.4, 0.5) is 0 Å². The molecule has 0 radical (unpaired) electrons. The van der Waals surface area contributed by atoms with E-state index in [-0.39, 0.29) is 36.6 Å². The monoisotopic (exact) mass is 526 g/mol. The number of amides is 2. The van der Waals surface area contributed by atoms with Crippen LogP contribution in [0.25, 0.3) is 0 Å². The smallest absolute Gasteiger partial charge is 0.303 e. The van der Waals surface area contributed by atoms with Crippen molar-refractivity contribution in [1.29, 1.82) is 0 Å². The predicted molar refractivity (Wildman–Crippen MR) is 147 cm³/mol. The summed E-state index contributed by atoms with van der Waals surface area (Å²) in [5.74, 6) is 4.79. The maximum atomic E-state index is 13.5. The minimum absolute atomic E-state index is 0.0262. The minimum Gasteiger partial charge on any atom is -0.481 e. The van der Waals surface area contributed by atoms with Gasteiger partial charge in [0.05, 0.1) is 0 Å². The fraction of sp³-hybridized carbons (Fsp3) is 0.567. The third-order valence-electron chi connectivity index (χ3n) is 7.54. The van der Waals surface area contributed by atoms with Crippen LogP contribution in [-0.2, 0) is 9.59 Å². The molecule has 0 bridgehead atoms. The summed E-state index contributed by atoms with van der Waals surface area (Å²) in [5, 5.41) is 9.62. The van der Waals surface area contributed by atoms with Crippen molar-refractivity contribution in [3.05, 3.63) is 34.9 Å². The highest BCUT2D eigenvalue weighted by Crippen LogP contribution is 2.29. The van der Waals surface area contributed by atoms with Crippen LogP contribution in [0.1, 0.15) is 88.4 Å². The van der Waals surface area contributed by atoms with Gasteiger partial charge in [-0.05, 0) is 75.6 Å². The van der Waals surface area contributed by atoms with Crippen LogP contribution < -0.4 is 0 Å². The number of hydrogen-bond donors (Lipinski definition) is 1. The molecule has 1 aromatic carbocycles. The van der Waals surface area contributed by atoms with Crippen molar-refractivity contribution in [3.8, 4) is 24.7 Å². The molecule has 200 valence electrons. The van der Waals surface area contributed by atoms with E-state index < -0.39 is 11.5 Å². The molecule has 0 aliphatic heterocycles. The Morgan fingerprint density at radius 2 is 1.59 bits per heavy atom. The standard InChI is InChI=1S/C30H39ClN2O4/c1-5-23-13-19-26(20-14-23)32(29(37)24-15-17-25(31)18-16-24)21-9-11-27(34)33(22-10-12-28(35)36)30(6-2,7-3)8-4/h1-2,15-18,23,26H,7-14,19-22H2,3-4H3,(H,35,36). The van der Waals surface area contributed by atoms with Crippen molar-refractivity contribution < 1.29 is 19.5 Å². The quantitative estimate of drug-likeness (QED) is 0.337. The van der Waals surface area contributed by atoms with Crippen molar-refractivity contribution in [2.75, 3.05) is 13.1 Å². The SMILES string of the molecule is C#CC1CCC(N(CCCC(=O)N(CCCC(=O)O)C(C#C)(CC)CC)C(=O)c2ccc(Cl)cc2)CC1. The lowest BCUT2D eigenvalue weighted by molar-refractivity contribution is -0.140. The van der Waals surface area contributed by atoms with Gasteiger partial charge in [-0.2, -0.15) is 0 Å². The molecule has 7 heteroatoms. The Bertz CT molecular complexity index is 996. The van der Waals surface area contributed by atoms with Gasteiger partial charge in [0, 0.05) is 48.5 Å². The zero-order valence-corrected chi connectivity index (χ0v) is 22.8. The van der Waals surface area contributed by atoms with Crippen LogP contribution in [-0.4, -0.2) is 57.4 Å². The first-order chi connectivity index (χ1) is 17.7. The molecule has 0 spiro atoms. The summed E-state index contributed by atoms with van der Waals surface area (Å²) < 4.78 is 0. The zero-order chi connectivity index (χ0) is 27.4. The number of carboxylic acid groups (broad SMARTS) is 1. The third kappa shape index (κ3) is 8.27. The van der Waals surface area contributed by atoms with E-state index in [2.05, 4.69) is 11.8 Å². The van der Waals surface area contributed by atoms with E-state index in [0.29, 0.717) is 49.4 Å². The molecule has 1 N–H and O–H groups in total. The second-order valence-corrected chi connectivity index (χ2v) is 10.1. The summed E-state index contributed by atoms with van der Waals surface area (Å²) in [4.78, 5) is 41.5. The fourth-order valence-corrected chi connectivity index (χ4v) is 5.30. The van der Waals surface area contributed by atoms with Gasteiger partial charge in [-0.3, -0.25) is 14.4 Å². The molecule has 37 heavy (non-hydrogen) atoms. The summed E-state index contributed by atoms with van der Waals surface area (Å²) in [7, 11) is 0. The van der Waals surface area contributed by atoms with Gasteiger partial charge in [0.1, 0.15) is 5.54 Å². The lowest BCUT2D eigenvalue weighted by Gasteiger charge is -2.40. The van der Waals surface area contributed by atoms with Gasteiger partial charge in [0.15, 0.2) is 0 Å². The lowest BCUT2D eigenvalue weighted by Crippen LogP contribution is -2.51. The number of rotatable bonds is 13. The summed E-state index contributed by atoms with van der Waals surface area (Å²) in [6, 6.07) is 6.92. The first-order valence-electron chi connectivity index (χ1n) is 13.2. The number of benzene rings is 1. The zero-order valence-electron chi connectivity index (χ0n) is 22.0. The van der Waals surface area contributed by atoms with Crippen LogP contribution >= 0.6 is 11.6 Å². The van der Waals surface area contributed by atoms with Gasteiger partial charge in [-0.1, -0.05) is 31.4 Å². The van der Waals surface area contributed by atoms with Crippen LogP contribution in [0.3, 0.4) is 0 Å². The molecule has 0 atom stereocenters. The number of halogens is 1. The molecule has 0 heterocycles. The van der Waals surface area contributed by atoms with Crippen molar-refractivity contribution in [2.45, 2.75) is 89.6 Å². The van der Waals surface area contributed by atoms with E-state index >= 15 is 0 Å². The summed E-state index contributed by atoms with van der Waals surface area (Å²) in [5.41, 5.74) is -0.185. The van der Waals surface area contributed by atoms with Crippen molar-refractivity contribution in [3.63, 3.8) is 0 Å². The van der Waals surface area contributed by atoms with E-state index in [9.17, 15) is 14.4 Å². The highest BCUT2D eigenvalue weighted by atomic mass is 35.5. The van der Waals surface area contributed by atoms with Gasteiger partial charge in [-0.15, -0.1) is 18.8 Å². The summed E-state index contributed by atoms with van der Waals surface area (Å²) in [6.07, 6.45) is 17.1. The Morgan fingerprint density at radius 1 is 1.00 bits per heavy atom. The number of aliphatic carboxylic acids is 1. The lowest BCUT2D eigenvalue weighted by atomic mass is 9.85. The third-order valence-corrected chi connectivity index (χ3v) is 7.80. The Hall–Kier alpha value is -2.96. The topological polar surface area (TPSA) is 77.9 Å². The van der Waals surface area contributed by atoms with Crippen LogP contribution in [0.15, 0.2) is 24.3 Å². The van der Waals surface area contributed by atoms with Crippen molar-refractivity contribution in [2.24, 2.45) is 5.92 Å². The highest BCUT2D eigenvalue weighted by Gasteiger charge is 2.35. The molecule has 1 saturated carbocycles. The van der Waals surface area contributed by atoms with Crippen LogP contribution in [0.5, 0.6) is 0 Å². The molecular weight excluding hydrogens is 488 g/mol. The maximum absolute atomic E-state index is 13.5. The highest BCUT2D eigenvalue weighted by molar-refractivity contribution is 6.30. The Labute approximate surface area is 226 Å². The second-order valence-electron chi connectivity index (χ2n) is 9.71. The largest absolute Gasteiger partial charge is 0.481 e. The Morgan fingerprint density at radius 3 is 2.11 bits per heavy atom. The van der Waals surface area contributed by atoms with Crippen molar-refractivity contribution in [1.82, 2.24) is 9.80 Å². The summed E-state index contributed by atoms with van der Waals surface area (Å²) in [6.45, 7) is 4.61. The van der Waals surface area contributed by atoms with Crippen molar-refractivity contribution >= 4 is 29.4 Å². The van der Waals surface area contributed by atoms with E-state index in [4.69, 9.17) is 29.6 Å². The minimum atomic E-state index is -0.900. The first kappa shape index (κ1) is 30.3. The molecule has 1 aromatic rings. The maximum Gasteiger partial charge on any atom is 0.303 e. The van der Waals surface area contributed by atoms with E-state index in [1.807, 2.05) is 18.7 Å². The predicted octanol–water partition coefficient (Wildman–Crippen LogP) is 5.64. The molecule has 0 aromatic heterocycles. The summed E-state index contributed by atoms with van der Waals surface area (Å²) >= 11 is 6.02. The van der Waals surface area contributed by atoms with E-state index in [1.54, 1.807) is 29.2 Å². The molecule has 1 fully saturated rings. The second kappa shape index (κ2) is 14.7. The number of terminal acetylenes is 2. The van der Waals surface area contributed by atoms with Gasteiger partial charge < -0.3 is 14.9 Å². The van der Waals surface area contributed by atoms with Crippen LogP contribution in [0.2, 0.25) is 5.02 Å². The number of hydrogen-bond acceptors (Lipinski definition) is 3. The van der Waals surface area contributed by atoms with E-state index in [1.165, 1.54) is 0 Å². The molecule has 2 rings (SSSR count). The average molecular weight is 527 g/mol. The van der Waals surface area contributed by atoms with Gasteiger partial charge in [0.25, 0.3) is 5.91 Å². The van der Waals surface area contributed by atoms with Gasteiger partial charge >= 0.3 is 5.97 Å². The van der Waals surface area contributed by atoms with Gasteiger partial charge in [0.2, 0.25) is 5.91 Å². The molecule has 0 unspecified atom stereocenters. The number of carbonyl (C=O) groups is 3. The van der Waals surface area contributed by atoms with Gasteiger partial charge in [-0.25, -0.2) is 0 Å². The first-order valence-corrected chi connectivity index (χ1v) is 13.6. The molecule has 6 nitrogen and oxygen atoms in total.